The van der Waals surface area contributed by atoms with Gasteiger partial charge >= 0.3 is 0 Å². The molecule has 1 aliphatic rings. The average molecular weight is 482 g/mol. The van der Waals surface area contributed by atoms with Crippen LogP contribution in [0.15, 0.2) is 53.4 Å². The van der Waals surface area contributed by atoms with Crippen LogP contribution in [-0.4, -0.2) is 67.6 Å². The molecule has 2 aromatic carbocycles. The smallest absolute Gasteiger partial charge is 0.243 e. The van der Waals surface area contributed by atoms with E-state index in [1.54, 1.807) is 41.3 Å². The van der Waals surface area contributed by atoms with Crippen LogP contribution in [0.2, 0.25) is 5.02 Å². The first-order valence-electron chi connectivity index (χ1n) is 10.2. The van der Waals surface area contributed by atoms with Crippen molar-refractivity contribution < 1.29 is 22.4 Å². The van der Waals surface area contributed by atoms with Gasteiger partial charge in [-0.25, -0.2) is 12.8 Å². The molecule has 0 atom stereocenters. The highest BCUT2D eigenvalue weighted by Crippen LogP contribution is 2.21. The zero-order valence-corrected chi connectivity index (χ0v) is 19.3. The molecule has 0 radical (unpaired) electrons. The second kappa shape index (κ2) is 10.4. The third-order valence-electron chi connectivity index (χ3n) is 5.41. The van der Waals surface area contributed by atoms with Crippen molar-refractivity contribution >= 4 is 33.4 Å². The van der Waals surface area contributed by atoms with Gasteiger partial charge in [-0.3, -0.25) is 9.59 Å². The maximum atomic E-state index is 13.9. The lowest BCUT2D eigenvalue weighted by Crippen LogP contribution is -2.50. The number of piperazine rings is 1. The number of sulfonamides is 1. The van der Waals surface area contributed by atoms with Crippen molar-refractivity contribution in [3.05, 3.63) is 64.9 Å². The summed E-state index contributed by atoms with van der Waals surface area (Å²) in [6.07, 6.45) is -0.0243. The number of nitrogens with zero attached hydrogens (tertiary/aromatic N) is 3. The van der Waals surface area contributed by atoms with Crippen LogP contribution in [0.4, 0.5) is 4.39 Å². The Hall–Kier alpha value is -2.49. The van der Waals surface area contributed by atoms with E-state index in [-0.39, 0.29) is 72.9 Å². The van der Waals surface area contributed by atoms with E-state index in [1.807, 2.05) is 0 Å². The predicted molar refractivity (Wildman–Crippen MR) is 119 cm³/mol. The fourth-order valence-electron chi connectivity index (χ4n) is 3.49. The van der Waals surface area contributed by atoms with E-state index in [9.17, 15) is 22.4 Å². The van der Waals surface area contributed by atoms with Crippen LogP contribution in [0.3, 0.4) is 0 Å². The number of hydrogen-bond acceptors (Lipinski definition) is 4. The van der Waals surface area contributed by atoms with Crippen molar-refractivity contribution in [2.75, 3.05) is 33.2 Å². The van der Waals surface area contributed by atoms with Gasteiger partial charge in [0.1, 0.15) is 5.82 Å². The van der Waals surface area contributed by atoms with Gasteiger partial charge in [0.25, 0.3) is 0 Å². The highest BCUT2D eigenvalue weighted by molar-refractivity contribution is 7.89. The number of carbonyl (C=O) groups excluding carboxylic acids is 2. The molecule has 2 aromatic rings. The minimum Gasteiger partial charge on any atom is -0.341 e. The molecule has 1 saturated heterocycles. The Bertz CT molecular complexity index is 1050. The van der Waals surface area contributed by atoms with Gasteiger partial charge in [-0.15, -0.1) is 0 Å². The zero-order chi connectivity index (χ0) is 23.3. The van der Waals surface area contributed by atoms with Gasteiger partial charge in [-0.1, -0.05) is 35.9 Å². The molecule has 7 nitrogen and oxygen atoms in total. The largest absolute Gasteiger partial charge is 0.341 e. The van der Waals surface area contributed by atoms with E-state index < -0.39 is 15.8 Å². The van der Waals surface area contributed by atoms with Gasteiger partial charge in [-0.05, 0) is 24.3 Å². The second-order valence-corrected chi connectivity index (χ2v) is 9.89. The molecule has 0 aliphatic carbocycles. The van der Waals surface area contributed by atoms with Crippen LogP contribution in [0.25, 0.3) is 0 Å². The Morgan fingerprint density at radius 1 is 1.00 bits per heavy atom. The summed E-state index contributed by atoms with van der Waals surface area (Å²) in [5.41, 5.74) is 0.229. The third-order valence-corrected chi connectivity index (χ3v) is 7.67. The molecule has 172 valence electrons. The standard InChI is InChI=1S/C22H25ClFN3O4S/c1-25(16-18-19(23)8-5-9-20(18)24)21(28)10-11-22(29)26-12-14-27(15-13-26)32(30,31)17-6-3-2-4-7-17/h2-9H,10-16H2,1H3. The molecule has 3 rings (SSSR count). The Kier molecular flexibility index (Phi) is 7.86. The first-order valence-corrected chi connectivity index (χ1v) is 12.0. The summed E-state index contributed by atoms with van der Waals surface area (Å²) < 4.78 is 40.7. The molecule has 0 saturated carbocycles. The number of halogens is 2. The van der Waals surface area contributed by atoms with Crippen LogP contribution in [0.1, 0.15) is 18.4 Å². The summed E-state index contributed by atoms with van der Waals surface area (Å²) >= 11 is 6.00. The summed E-state index contributed by atoms with van der Waals surface area (Å²) in [7, 11) is -2.06. The first-order chi connectivity index (χ1) is 15.2. The molecule has 1 fully saturated rings. The molecular weight excluding hydrogens is 457 g/mol. The van der Waals surface area contributed by atoms with E-state index >= 15 is 0 Å². The summed E-state index contributed by atoms with van der Waals surface area (Å²) in [6.45, 7) is 0.930. The predicted octanol–water partition coefficient (Wildman–Crippen LogP) is 2.75. The van der Waals surface area contributed by atoms with Gasteiger partial charge in [0, 0.05) is 63.2 Å². The number of carbonyl (C=O) groups is 2. The molecule has 0 N–H and O–H groups in total. The average Bonchev–Trinajstić information content (AvgIpc) is 2.80. The molecule has 0 unspecified atom stereocenters. The molecule has 1 heterocycles. The number of amides is 2. The topological polar surface area (TPSA) is 78.0 Å². The summed E-state index contributed by atoms with van der Waals surface area (Å²) in [4.78, 5) is 28.1. The summed E-state index contributed by atoms with van der Waals surface area (Å²) in [6, 6.07) is 12.5. The lowest BCUT2D eigenvalue weighted by molar-refractivity contribution is -0.137. The normalized spacial score (nSPS) is 14.9. The lowest BCUT2D eigenvalue weighted by Gasteiger charge is -2.34. The molecule has 0 aromatic heterocycles. The highest BCUT2D eigenvalue weighted by Gasteiger charge is 2.30. The van der Waals surface area contributed by atoms with E-state index in [0.29, 0.717) is 0 Å². The lowest BCUT2D eigenvalue weighted by atomic mass is 10.2. The van der Waals surface area contributed by atoms with Crippen molar-refractivity contribution in [1.82, 2.24) is 14.1 Å². The second-order valence-electron chi connectivity index (χ2n) is 7.55. The van der Waals surface area contributed by atoms with Gasteiger partial charge < -0.3 is 9.80 Å². The maximum Gasteiger partial charge on any atom is 0.243 e. The summed E-state index contributed by atoms with van der Waals surface area (Å²) in [5, 5.41) is 0.240. The first kappa shape index (κ1) is 24.2. The monoisotopic (exact) mass is 481 g/mol. The van der Waals surface area contributed by atoms with Crippen molar-refractivity contribution in [2.24, 2.45) is 0 Å². The fourth-order valence-corrected chi connectivity index (χ4v) is 5.16. The number of benzene rings is 2. The molecule has 10 heteroatoms. The number of hydrogen-bond donors (Lipinski definition) is 0. The van der Waals surface area contributed by atoms with Crippen LogP contribution in [-0.2, 0) is 26.2 Å². The van der Waals surface area contributed by atoms with E-state index in [2.05, 4.69) is 0 Å². The Morgan fingerprint density at radius 2 is 1.66 bits per heavy atom. The molecular formula is C22H25ClFN3O4S. The maximum absolute atomic E-state index is 13.9. The molecule has 2 amide bonds. The SMILES string of the molecule is CN(Cc1c(F)cccc1Cl)C(=O)CCC(=O)N1CCN(S(=O)(=O)c2ccccc2)CC1. The molecule has 1 aliphatic heterocycles. The van der Waals surface area contributed by atoms with Crippen molar-refractivity contribution in [3.63, 3.8) is 0 Å². The minimum atomic E-state index is -3.59. The highest BCUT2D eigenvalue weighted by atomic mass is 35.5. The van der Waals surface area contributed by atoms with Crippen LogP contribution in [0, 0.1) is 5.82 Å². The van der Waals surface area contributed by atoms with E-state index in [1.165, 1.54) is 28.4 Å². The Labute approximate surface area is 192 Å². The molecule has 0 bridgehead atoms. The van der Waals surface area contributed by atoms with Gasteiger partial charge in [0.05, 0.1) is 4.90 Å². The van der Waals surface area contributed by atoms with E-state index in [4.69, 9.17) is 11.6 Å². The van der Waals surface area contributed by atoms with Crippen molar-refractivity contribution in [1.29, 1.82) is 0 Å². The van der Waals surface area contributed by atoms with Gasteiger partial charge in [0.2, 0.25) is 21.8 Å². The van der Waals surface area contributed by atoms with Crippen LogP contribution < -0.4 is 0 Å². The Morgan fingerprint density at radius 3 is 2.28 bits per heavy atom. The zero-order valence-electron chi connectivity index (χ0n) is 17.7. The fraction of sp³-hybridized carbons (Fsp3) is 0.364. The van der Waals surface area contributed by atoms with Crippen LogP contribution in [0.5, 0.6) is 0 Å². The van der Waals surface area contributed by atoms with Gasteiger partial charge in [-0.2, -0.15) is 4.31 Å². The molecule has 0 spiro atoms. The van der Waals surface area contributed by atoms with Crippen molar-refractivity contribution in [3.8, 4) is 0 Å². The van der Waals surface area contributed by atoms with E-state index in [0.717, 1.165) is 0 Å². The summed E-state index contributed by atoms with van der Waals surface area (Å²) in [5.74, 6) is -1.01. The molecule has 32 heavy (non-hydrogen) atoms. The third kappa shape index (κ3) is 5.65. The minimum absolute atomic E-state index is 0.000384. The number of rotatable bonds is 7. The Balaban J connectivity index is 1.48. The van der Waals surface area contributed by atoms with Crippen molar-refractivity contribution in [2.45, 2.75) is 24.3 Å². The van der Waals surface area contributed by atoms with Gasteiger partial charge in [0.15, 0.2) is 0 Å². The van der Waals surface area contributed by atoms with Crippen LogP contribution >= 0.6 is 11.6 Å². The quantitative estimate of drug-likeness (QED) is 0.609.